The lowest BCUT2D eigenvalue weighted by molar-refractivity contribution is 0.415. The van der Waals surface area contributed by atoms with Crippen LogP contribution in [0.4, 0.5) is 0 Å². The van der Waals surface area contributed by atoms with Crippen molar-refractivity contribution in [1.29, 1.82) is 0 Å². The SMILES string of the molecule is CCCCn1c(C(N)CCC)nc2cc(OC)ccc21. The number of benzene rings is 1. The van der Waals surface area contributed by atoms with E-state index in [0.29, 0.717) is 0 Å². The van der Waals surface area contributed by atoms with E-state index in [1.165, 1.54) is 0 Å². The Morgan fingerprint density at radius 2 is 2.10 bits per heavy atom. The van der Waals surface area contributed by atoms with Crippen LogP contribution in [0.15, 0.2) is 18.2 Å². The van der Waals surface area contributed by atoms with Gasteiger partial charge in [-0.2, -0.15) is 0 Å². The molecule has 0 saturated carbocycles. The summed E-state index contributed by atoms with van der Waals surface area (Å²) >= 11 is 0. The highest BCUT2D eigenvalue weighted by atomic mass is 16.5. The molecule has 0 spiro atoms. The van der Waals surface area contributed by atoms with E-state index in [0.717, 1.165) is 54.8 Å². The Morgan fingerprint density at radius 3 is 2.75 bits per heavy atom. The number of hydrogen-bond acceptors (Lipinski definition) is 3. The largest absolute Gasteiger partial charge is 0.497 e. The van der Waals surface area contributed by atoms with Crippen molar-refractivity contribution in [2.45, 2.75) is 52.1 Å². The molecular weight excluding hydrogens is 250 g/mol. The first-order valence-corrected chi connectivity index (χ1v) is 7.51. The van der Waals surface area contributed by atoms with Crippen molar-refractivity contribution < 1.29 is 4.74 Å². The van der Waals surface area contributed by atoms with Gasteiger partial charge in [0.1, 0.15) is 11.6 Å². The van der Waals surface area contributed by atoms with Crippen molar-refractivity contribution in [3.63, 3.8) is 0 Å². The molecule has 0 aliphatic carbocycles. The minimum absolute atomic E-state index is 0.00949. The average Bonchev–Trinajstić information content (AvgIpc) is 2.83. The lowest BCUT2D eigenvalue weighted by Crippen LogP contribution is -2.16. The minimum Gasteiger partial charge on any atom is -0.497 e. The Hall–Kier alpha value is -1.55. The highest BCUT2D eigenvalue weighted by Gasteiger charge is 2.16. The van der Waals surface area contributed by atoms with Crippen LogP contribution in [-0.4, -0.2) is 16.7 Å². The Bertz CT molecular complexity index is 562. The molecule has 4 heteroatoms. The molecule has 0 saturated heterocycles. The molecule has 0 bridgehead atoms. The van der Waals surface area contributed by atoms with E-state index in [1.807, 2.05) is 12.1 Å². The molecule has 2 rings (SSSR count). The number of ether oxygens (including phenoxy) is 1. The second-order valence-corrected chi connectivity index (χ2v) is 5.23. The first kappa shape index (κ1) is 14.9. The van der Waals surface area contributed by atoms with Crippen LogP contribution in [0.25, 0.3) is 11.0 Å². The number of fused-ring (bicyclic) bond motifs is 1. The summed E-state index contributed by atoms with van der Waals surface area (Å²) in [4.78, 5) is 4.75. The van der Waals surface area contributed by atoms with Crippen LogP contribution in [0.1, 0.15) is 51.4 Å². The molecule has 20 heavy (non-hydrogen) atoms. The summed E-state index contributed by atoms with van der Waals surface area (Å²) in [5, 5.41) is 0. The van der Waals surface area contributed by atoms with Crippen molar-refractivity contribution in [3.8, 4) is 5.75 Å². The van der Waals surface area contributed by atoms with Crippen molar-refractivity contribution in [2.24, 2.45) is 5.73 Å². The smallest absolute Gasteiger partial charge is 0.126 e. The zero-order chi connectivity index (χ0) is 14.5. The fourth-order valence-electron chi connectivity index (χ4n) is 2.53. The summed E-state index contributed by atoms with van der Waals surface area (Å²) in [6, 6.07) is 6.07. The predicted molar refractivity (Wildman–Crippen MR) is 83.0 cm³/mol. The van der Waals surface area contributed by atoms with Gasteiger partial charge in [-0.3, -0.25) is 0 Å². The maximum Gasteiger partial charge on any atom is 0.126 e. The highest BCUT2D eigenvalue weighted by Crippen LogP contribution is 2.26. The second-order valence-electron chi connectivity index (χ2n) is 5.23. The molecule has 1 aromatic carbocycles. The van der Waals surface area contributed by atoms with E-state index >= 15 is 0 Å². The number of unbranched alkanes of at least 4 members (excludes halogenated alkanes) is 1. The number of nitrogens with zero attached hydrogens (tertiary/aromatic N) is 2. The maximum absolute atomic E-state index is 6.30. The van der Waals surface area contributed by atoms with Crippen molar-refractivity contribution in [1.82, 2.24) is 9.55 Å². The van der Waals surface area contributed by atoms with E-state index in [4.69, 9.17) is 15.5 Å². The van der Waals surface area contributed by atoms with Crippen LogP contribution in [-0.2, 0) is 6.54 Å². The summed E-state index contributed by atoms with van der Waals surface area (Å²) in [7, 11) is 1.68. The first-order valence-electron chi connectivity index (χ1n) is 7.51. The zero-order valence-electron chi connectivity index (χ0n) is 12.7. The Kier molecular flexibility index (Phi) is 5.01. The second kappa shape index (κ2) is 6.75. The molecule has 1 heterocycles. The lowest BCUT2D eigenvalue weighted by atomic mass is 10.1. The molecule has 0 aliphatic rings. The molecule has 0 aliphatic heterocycles. The molecule has 1 unspecified atom stereocenters. The maximum atomic E-state index is 6.30. The van der Waals surface area contributed by atoms with Crippen LogP contribution in [0, 0.1) is 0 Å². The summed E-state index contributed by atoms with van der Waals surface area (Å²) in [6.45, 7) is 5.34. The third kappa shape index (κ3) is 2.96. The van der Waals surface area contributed by atoms with Gasteiger partial charge in [0.25, 0.3) is 0 Å². The van der Waals surface area contributed by atoms with E-state index in [2.05, 4.69) is 24.5 Å². The monoisotopic (exact) mass is 275 g/mol. The zero-order valence-corrected chi connectivity index (χ0v) is 12.7. The normalized spacial score (nSPS) is 12.8. The molecule has 110 valence electrons. The standard InChI is InChI=1S/C16H25N3O/c1-4-6-10-19-15-9-8-12(20-3)11-14(15)18-16(19)13(17)7-5-2/h8-9,11,13H,4-7,10,17H2,1-3H3. The van der Waals surface area contributed by atoms with Crippen LogP contribution in [0.3, 0.4) is 0 Å². The Labute approximate surface area is 120 Å². The summed E-state index contributed by atoms with van der Waals surface area (Å²) < 4.78 is 7.56. The lowest BCUT2D eigenvalue weighted by Gasteiger charge is -2.13. The summed E-state index contributed by atoms with van der Waals surface area (Å²) in [5.74, 6) is 1.84. The molecule has 1 aromatic heterocycles. The summed E-state index contributed by atoms with van der Waals surface area (Å²) in [5.41, 5.74) is 8.43. The van der Waals surface area contributed by atoms with Crippen LogP contribution in [0.5, 0.6) is 5.75 Å². The fourth-order valence-corrected chi connectivity index (χ4v) is 2.53. The van der Waals surface area contributed by atoms with Gasteiger partial charge in [-0.05, 0) is 25.0 Å². The molecule has 0 radical (unpaired) electrons. The van der Waals surface area contributed by atoms with Gasteiger partial charge in [-0.1, -0.05) is 26.7 Å². The van der Waals surface area contributed by atoms with Gasteiger partial charge in [0, 0.05) is 12.6 Å². The van der Waals surface area contributed by atoms with Crippen molar-refractivity contribution >= 4 is 11.0 Å². The van der Waals surface area contributed by atoms with Gasteiger partial charge < -0.3 is 15.0 Å². The van der Waals surface area contributed by atoms with Crippen LogP contribution < -0.4 is 10.5 Å². The minimum atomic E-state index is 0.00949. The topological polar surface area (TPSA) is 53.1 Å². The quantitative estimate of drug-likeness (QED) is 0.839. The predicted octanol–water partition coefficient (Wildman–Crippen LogP) is 3.64. The molecule has 0 fully saturated rings. The molecule has 4 nitrogen and oxygen atoms in total. The molecule has 0 amide bonds. The molecule has 2 aromatic rings. The number of imidazole rings is 1. The van der Waals surface area contributed by atoms with E-state index in [-0.39, 0.29) is 6.04 Å². The van der Waals surface area contributed by atoms with Crippen LogP contribution in [0.2, 0.25) is 0 Å². The summed E-state index contributed by atoms with van der Waals surface area (Å²) in [6.07, 6.45) is 4.34. The fraction of sp³-hybridized carbons (Fsp3) is 0.562. The van der Waals surface area contributed by atoms with E-state index < -0.39 is 0 Å². The number of hydrogen-bond donors (Lipinski definition) is 1. The van der Waals surface area contributed by atoms with Gasteiger partial charge >= 0.3 is 0 Å². The average molecular weight is 275 g/mol. The number of rotatable bonds is 7. The Morgan fingerprint density at radius 1 is 1.30 bits per heavy atom. The van der Waals surface area contributed by atoms with E-state index in [9.17, 15) is 0 Å². The van der Waals surface area contributed by atoms with Gasteiger partial charge in [0.2, 0.25) is 0 Å². The molecule has 1 atom stereocenters. The van der Waals surface area contributed by atoms with Crippen LogP contribution >= 0.6 is 0 Å². The van der Waals surface area contributed by atoms with E-state index in [1.54, 1.807) is 7.11 Å². The third-order valence-electron chi connectivity index (χ3n) is 3.65. The number of methoxy groups -OCH3 is 1. The third-order valence-corrected chi connectivity index (χ3v) is 3.65. The van der Waals surface area contributed by atoms with Crippen molar-refractivity contribution in [2.75, 3.05) is 7.11 Å². The first-order chi connectivity index (χ1) is 9.71. The van der Waals surface area contributed by atoms with Gasteiger partial charge in [-0.25, -0.2) is 4.98 Å². The Balaban J connectivity index is 2.47. The molecule has 2 N–H and O–H groups in total. The van der Waals surface area contributed by atoms with Crippen molar-refractivity contribution in [3.05, 3.63) is 24.0 Å². The molecular formula is C16H25N3O. The van der Waals surface area contributed by atoms with Gasteiger partial charge in [0.15, 0.2) is 0 Å². The van der Waals surface area contributed by atoms with Gasteiger partial charge in [0.05, 0.1) is 24.2 Å². The number of aryl methyl sites for hydroxylation is 1. The van der Waals surface area contributed by atoms with Gasteiger partial charge in [-0.15, -0.1) is 0 Å². The highest BCUT2D eigenvalue weighted by molar-refractivity contribution is 5.78. The number of nitrogens with two attached hydrogens (primary N) is 1. The number of aromatic nitrogens is 2.